The molecule has 0 amide bonds. The van der Waals surface area contributed by atoms with Gasteiger partial charge >= 0.3 is 224 Å². The fourth-order valence-electron chi connectivity index (χ4n) is 5.14. The molecule has 1 aliphatic rings. The van der Waals surface area contributed by atoms with E-state index in [1.807, 2.05) is 0 Å². The molecule has 5 heteroatoms. The number of unbranched alkanes of at least 4 members (excludes halogenated alkanes) is 4. The Morgan fingerprint density at radius 1 is 0.667 bits per heavy atom. The molecule has 0 N–H and O–H groups in total. The molecule has 1 aliphatic heterocycles. The van der Waals surface area contributed by atoms with Gasteiger partial charge in [-0.15, -0.1) is 0 Å². The molecular formula is C31H35O3PSe. The zero-order valence-electron chi connectivity index (χ0n) is 21.2. The van der Waals surface area contributed by atoms with Gasteiger partial charge in [0.25, 0.3) is 0 Å². The average molecular weight is 566 g/mol. The summed E-state index contributed by atoms with van der Waals surface area (Å²) < 4.78 is 20.3. The van der Waals surface area contributed by atoms with Crippen LogP contribution in [0.3, 0.4) is 0 Å². The van der Waals surface area contributed by atoms with Crippen LogP contribution < -0.4 is 9.05 Å². The summed E-state index contributed by atoms with van der Waals surface area (Å²) in [5, 5.41) is 4.68. The molecule has 1 heterocycles. The van der Waals surface area contributed by atoms with Crippen LogP contribution in [0.5, 0.6) is 11.5 Å². The van der Waals surface area contributed by atoms with Gasteiger partial charge in [-0.2, -0.15) is 0 Å². The van der Waals surface area contributed by atoms with Gasteiger partial charge in [-0.3, -0.25) is 0 Å². The normalized spacial score (nSPS) is 15.0. The summed E-state index contributed by atoms with van der Waals surface area (Å²) in [6.45, 7) is 1.68. The number of rotatable bonds is 10. The molecule has 0 saturated heterocycles. The van der Waals surface area contributed by atoms with E-state index in [1.54, 1.807) is 0 Å². The van der Waals surface area contributed by atoms with Crippen LogP contribution in [-0.2, 0) is 4.52 Å². The van der Waals surface area contributed by atoms with Gasteiger partial charge in [-0.25, -0.2) is 0 Å². The minimum atomic E-state index is -2.80. The molecule has 36 heavy (non-hydrogen) atoms. The Morgan fingerprint density at radius 2 is 1.19 bits per heavy atom. The first-order valence-electron chi connectivity index (χ1n) is 13.3. The second kappa shape index (κ2) is 11.5. The molecule has 0 spiro atoms. The third kappa shape index (κ3) is 5.43. The van der Waals surface area contributed by atoms with Crippen LogP contribution in [0.25, 0.3) is 32.7 Å². The SMILES string of the molecule is CCCCCCC(CCCC)O[P+]1([Se-])Oc2ccc3ccccc3c2-c2c(ccc3ccccc23)O1. The Balaban J connectivity index is 1.59. The van der Waals surface area contributed by atoms with Crippen LogP contribution in [0.1, 0.15) is 65.2 Å². The van der Waals surface area contributed by atoms with Crippen molar-refractivity contribution >= 4 is 43.7 Å². The number of hydrogen-bond acceptors (Lipinski definition) is 3. The molecular weight excluding hydrogens is 530 g/mol. The van der Waals surface area contributed by atoms with Crippen molar-refractivity contribution in [3.63, 3.8) is 0 Å². The molecule has 0 aromatic heterocycles. The second-order valence-corrected chi connectivity index (χ2v) is 14.0. The Hall–Kier alpha value is -2.09. The molecule has 4 aromatic carbocycles. The van der Waals surface area contributed by atoms with Gasteiger partial charge in [0.15, 0.2) is 0 Å². The quantitative estimate of drug-likeness (QED) is 0.109. The third-order valence-electron chi connectivity index (χ3n) is 6.99. The van der Waals surface area contributed by atoms with Gasteiger partial charge in [0.1, 0.15) is 0 Å². The van der Waals surface area contributed by atoms with E-state index in [9.17, 15) is 0 Å². The fraction of sp³-hybridized carbons (Fsp3) is 0.355. The number of hydrogen-bond donors (Lipinski definition) is 0. The van der Waals surface area contributed by atoms with Crippen LogP contribution in [0.4, 0.5) is 0 Å². The average Bonchev–Trinajstić information content (AvgIpc) is 3.03. The van der Waals surface area contributed by atoms with Crippen molar-refractivity contribution in [2.24, 2.45) is 0 Å². The summed E-state index contributed by atoms with van der Waals surface area (Å²) in [5.74, 6) is 1.63. The third-order valence-corrected chi connectivity index (χ3v) is 9.87. The van der Waals surface area contributed by atoms with Gasteiger partial charge in [0.05, 0.1) is 0 Å². The van der Waals surface area contributed by atoms with E-state index in [2.05, 4.69) is 102 Å². The standard InChI is InChI=1S/C31H35O3PSe/c1-3-5-7-8-16-25(15-6-4-2)32-35(36)33-28-21-19-23-13-9-11-17-26(23)30(28)31-27-18-12-10-14-24(27)20-22-29(31)34-35/h9-14,17-22,25H,3-8,15-16H2,1-2H3. The van der Waals surface area contributed by atoms with E-state index in [0.717, 1.165) is 59.1 Å². The maximum absolute atomic E-state index is 6.79. The molecule has 0 radical (unpaired) electrons. The molecule has 5 rings (SSSR count). The van der Waals surface area contributed by atoms with Crippen LogP contribution in [0, 0.1) is 0 Å². The molecule has 0 saturated carbocycles. The van der Waals surface area contributed by atoms with E-state index in [4.69, 9.17) is 13.6 Å². The fourth-order valence-corrected chi connectivity index (χ4v) is 8.40. The Morgan fingerprint density at radius 3 is 1.75 bits per heavy atom. The summed E-state index contributed by atoms with van der Waals surface area (Å²) in [7, 11) is 0. The van der Waals surface area contributed by atoms with E-state index < -0.39 is 6.63 Å². The maximum atomic E-state index is 6.79. The van der Waals surface area contributed by atoms with Crippen molar-refractivity contribution in [1.82, 2.24) is 0 Å². The van der Waals surface area contributed by atoms with Crippen molar-refractivity contribution in [1.29, 1.82) is 0 Å². The molecule has 4 aromatic rings. The number of benzene rings is 4. The first kappa shape index (κ1) is 25.6. The van der Waals surface area contributed by atoms with E-state index in [-0.39, 0.29) is 6.10 Å². The van der Waals surface area contributed by atoms with Crippen LogP contribution in [0.15, 0.2) is 72.8 Å². The Bertz CT molecular complexity index is 1250. The van der Waals surface area contributed by atoms with Gasteiger partial charge in [0.2, 0.25) is 0 Å². The minimum absolute atomic E-state index is 0.113. The van der Waals surface area contributed by atoms with Gasteiger partial charge < -0.3 is 0 Å². The van der Waals surface area contributed by atoms with Crippen LogP contribution in [-0.4, -0.2) is 21.7 Å². The van der Waals surface area contributed by atoms with E-state index in [1.165, 1.54) is 36.5 Å². The predicted molar refractivity (Wildman–Crippen MR) is 154 cm³/mol. The van der Waals surface area contributed by atoms with Crippen molar-refractivity contribution in [2.45, 2.75) is 71.3 Å². The first-order chi connectivity index (χ1) is 17.6. The van der Waals surface area contributed by atoms with Crippen molar-refractivity contribution < 1.29 is 13.6 Å². The molecule has 188 valence electrons. The van der Waals surface area contributed by atoms with Gasteiger partial charge in [-0.1, -0.05) is 0 Å². The topological polar surface area (TPSA) is 27.7 Å². The first-order valence-corrected chi connectivity index (χ1v) is 17.1. The summed E-state index contributed by atoms with van der Waals surface area (Å²) in [6, 6.07) is 25.4. The molecule has 0 fully saturated rings. The monoisotopic (exact) mass is 566 g/mol. The van der Waals surface area contributed by atoms with Gasteiger partial charge in [-0.05, 0) is 0 Å². The van der Waals surface area contributed by atoms with Crippen LogP contribution in [0.2, 0.25) is 0 Å². The molecule has 1 unspecified atom stereocenters. The number of fused-ring (bicyclic) bond motifs is 7. The molecule has 0 aliphatic carbocycles. The van der Waals surface area contributed by atoms with Gasteiger partial charge in [0, 0.05) is 0 Å². The second-order valence-electron chi connectivity index (χ2n) is 9.67. The summed E-state index contributed by atoms with van der Waals surface area (Å²) in [5.41, 5.74) is 2.15. The zero-order chi connectivity index (χ0) is 25.0. The summed E-state index contributed by atoms with van der Waals surface area (Å²) >= 11 is 3.26. The van der Waals surface area contributed by atoms with Crippen molar-refractivity contribution in [3.05, 3.63) is 72.8 Å². The van der Waals surface area contributed by atoms with E-state index >= 15 is 0 Å². The summed E-state index contributed by atoms with van der Waals surface area (Å²) in [6.07, 6.45) is 9.38. The van der Waals surface area contributed by atoms with Crippen molar-refractivity contribution in [3.8, 4) is 22.6 Å². The van der Waals surface area contributed by atoms with Crippen molar-refractivity contribution in [2.75, 3.05) is 0 Å². The zero-order valence-corrected chi connectivity index (χ0v) is 23.9. The predicted octanol–water partition coefficient (Wildman–Crippen LogP) is 9.82. The Kier molecular flexibility index (Phi) is 8.18. The molecule has 0 bridgehead atoms. The van der Waals surface area contributed by atoms with E-state index in [0.29, 0.717) is 0 Å². The molecule has 1 atom stereocenters. The van der Waals surface area contributed by atoms with Crippen LogP contribution >= 0.6 is 6.63 Å². The molecule has 3 nitrogen and oxygen atoms in total. The Labute approximate surface area is 223 Å². The summed E-state index contributed by atoms with van der Waals surface area (Å²) in [4.78, 5) is 0.